The van der Waals surface area contributed by atoms with E-state index in [1.54, 1.807) is 0 Å². The van der Waals surface area contributed by atoms with E-state index in [0.29, 0.717) is 5.56 Å². The largest absolute Gasteiger partial charge is 0.240 e. The van der Waals surface area contributed by atoms with Crippen LogP contribution in [0.4, 0.5) is 0 Å². The van der Waals surface area contributed by atoms with Crippen LogP contribution in [0.25, 0.3) is 27.9 Å². The van der Waals surface area contributed by atoms with Gasteiger partial charge in [-0.1, -0.05) is 42.0 Å². The van der Waals surface area contributed by atoms with E-state index in [1.165, 1.54) is 33.4 Å². The summed E-state index contributed by atoms with van der Waals surface area (Å²) >= 11 is 0. The standard InChI is InChI=1S/C25H21N3/c1-17-5-4-6-21(11-17)22-12-18(2)25(19(3)13-22)23-15-27-28(16-23)24-9-7-20(14-26)8-10-24/h4-13,15-16H,1-3H3. The molecule has 1 heterocycles. The van der Waals surface area contributed by atoms with Crippen molar-refractivity contribution in [3.05, 3.63) is 95.3 Å². The highest BCUT2D eigenvalue weighted by atomic mass is 15.3. The van der Waals surface area contributed by atoms with Crippen molar-refractivity contribution in [2.75, 3.05) is 0 Å². The predicted molar refractivity (Wildman–Crippen MR) is 113 cm³/mol. The third-order valence-corrected chi connectivity index (χ3v) is 5.02. The first-order valence-corrected chi connectivity index (χ1v) is 9.29. The molecule has 4 aromatic rings. The van der Waals surface area contributed by atoms with Crippen LogP contribution >= 0.6 is 0 Å². The van der Waals surface area contributed by atoms with Crippen molar-refractivity contribution >= 4 is 0 Å². The van der Waals surface area contributed by atoms with Crippen molar-refractivity contribution in [3.63, 3.8) is 0 Å². The van der Waals surface area contributed by atoms with Crippen molar-refractivity contribution in [1.29, 1.82) is 5.26 Å². The highest BCUT2D eigenvalue weighted by molar-refractivity contribution is 5.76. The maximum atomic E-state index is 8.96. The molecule has 0 atom stereocenters. The number of nitrogens with zero attached hydrogens (tertiary/aromatic N) is 3. The van der Waals surface area contributed by atoms with E-state index in [9.17, 15) is 0 Å². The quantitative estimate of drug-likeness (QED) is 0.448. The number of hydrogen-bond acceptors (Lipinski definition) is 2. The van der Waals surface area contributed by atoms with Gasteiger partial charge in [-0.05, 0) is 72.9 Å². The van der Waals surface area contributed by atoms with E-state index < -0.39 is 0 Å². The molecule has 0 spiro atoms. The van der Waals surface area contributed by atoms with Crippen LogP contribution in [-0.2, 0) is 0 Å². The zero-order valence-corrected chi connectivity index (χ0v) is 16.3. The minimum atomic E-state index is 0.648. The Bertz CT molecular complexity index is 1170. The molecular formula is C25H21N3. The summed E-state index contributed by atoms with van der Waals surface area (Å²) in [5, 5.41) is 13.5. The molecule has 3 heteroatoms. The summed E-state index contributed by atoms with van der Waals surface area (Å²) < 4.78 is 1.85. The summed E-state index contributed by atoms with van der Waals surface area (Å²) in [4.78, 5) is 0. The Morgan fingerprint density at radius 3 is 2.18 bits per heavy atom. The summed E-state index contributed by atoms with van der Waals surface area (Å²) in [6.45, 7) is 6.43. The molecule has 136 valence electrons. The molecular weight excluding hydrogens is 342 g/mol. The molecule has 0 saturated carbocycles. The van der Waals surface area contributed by atoms with E-state index in [4.69, 9.17) is 5.26 Å². The van der Waals surface area contributed by atoms with Crippen LogP contribution in [-0.4, -0.2) is 9.78 Å². The summed E-state index contributed by atoms with van der Waals surface area (Å²) in [5.74, 6) is 0. The SMILES string of the molecule is Cc1cccc(-c2cc(C)c(-c3cnn(-c4ccc(C#N)cc4)c3)c(C)c2)c1. The first kappa shape index (κ1) is 17.8. The van der Waals surface area contributed by atoms with Gasteiger partial charge >= 0.3 is 0 Å². The molecule has 4 rings (SSSR count). The summed E-state index contributed by atoms with van der Waals surface area (Å²) in [6, 6.07) is 22.7. The molecule has 0 unspecified atom stereocenters. The molecule has 3 nitrogen and oxygen atoms in total. The molecule has 1 aromatic heterocycles. The lowest BCUT2D eigenvalue weighted by molar-refractivity contribution is 0.880. The van der Waals surface area contributed by atoms with Crippen LogP contribution in [0.3, 0.4) is 0 Å². The average molecular weight is 363 g/mol. The Morgan fingerprint density at radius 1 is 0.821 bits per heavy atom. The van der Waals surface area contributed by atoms with Gasteiger partial charge in [0.2, 0.25) is 0 Å². The number of nitriles is 1. The van der Waals surface area contributed by atoms with E-state index in [-0.39, 0.29) is 0 Å². The molecule has 0 aliphatic heterocycles. The van der Waals surface area contributed by atoms with Gasteiger partial charge in [-0.3, -0.25) is 0 Å². The van der Waals surface area contributed by atoms with Crippen LogP contribution in [0.1, 0.15) is 22.3 Å². The fraction of sp³-hybridized carbons (Fsp3) is 0.120. The molecule has 0 saturated heterocycles. The van der Waals surface area contributed by atoms with Gasteiger partial charge in [0.15, 0.2) is 0 Å². The maximum absolute atomic E-state index is 8.96. The van der Waals surface area contributed by atoms with Crippen molar-refractivity contribution in [1.82, 2.24) is 9.78 Å². The third-order valence-electron chi connectivity index (χ3n) is 5.02. The van der Waals surface area contributed by atoms with Crippen LogP contribution in [0.5, 0.6) is 0 Å². The van der Waals surface area contributed by atoms with Crippen LogP contribution < -0.4 is 0 Å². The Balaban J connectivity index is 1.72. The number of rotatable bonds is 3. The van der Waals surface area contributed by atoms with Crippen LogP contribution in [0.15, 0.2) is 73.1 Å². The summed E-state index contributed by atoms with van der Waals surface area (Å²) in [6.07, 6.45) is 3.95. The van der Waals surface area contributed by atoms with Crippen molar-refractivity contribution in [3.8, 4) is 34.0 Å². The van der Waals surface area contributed by atoms with Gasteiger partial charge in [-0.2, -0.15) is 10.4 Å². The molecule has 28 heavy (non-hydrogen) atoms. The first-order chi connectivity index (χ1) is 13.5. The fourth-order valence-corrected chi connectivity index (χ4v) is 3.69. The van der Waals surface area contributed by atoms with E-state index >= 15 is 0 Å². The smallest absolute Gasteiger partial charge is 0.0991 e. The molecule has 0 bridgehead atoms. The minimum Gasteiger partial charge on any atom is -0.240 e. The summed E-state index contributed by atoms with van der Waals surface area (Å²) in [5.41, 5.74) is 10.1. The minimum absolute atomic E-state index is 0.648. The zero-order chi connectivity index (χ0) is 19.7. The topological polar surface area (TPSA) is 41.6 Å². The Hall–Kier alpha value is -3.64. The summed E-state index contributed by atoms with van der Waals surface area (Å²) in [7, 11) is 0. The van der Waals surface area contributed by atoms with E-state index in [2.05, 4.69) is 68.3 Å². The number of benzene rings is 3. The Labute approximate surface area is 165 Å². The third kappa shape index (κ3) is 3.33. The van der Waals surface area contributed by atoms with Crippen molar-refractivity contribution in [2.45, 2.75) is 20.8 Å². The lowest BCUT2D eigenvalue weighted by Gasteiger charge is -2.12. The Kier molecular flexibility index (Phi) is 4.55. The highest BCUT2D eigenvalue weighted by Crippen LogP contribution is 2.32. The molecule has 0 N–H and O–H groups in total. The molecule has 0 radical (unpaired) electrons. The first-order valence-electron chi connectivity index (χ1n) is 9.29. The molecule has 0 amide bonds. The number of aromatic nitrogens is 2. The molecule has 3 aromatic carbocycles. The van der Waals surface area contributed by atoms with Gasteiger partial charge in [-0.15, -0.1) is 0 Å². The van der Waals surface area contributed by atoms with Gasteiger partial charge < -0.3 is 0 Å². The fourth-order valence-electron chi connectivity index (χ4n) is 3.69. The van der Waals surface area contributed by atoms with E-state index in [0.717, 1.165) is 11.3 Å². The average Bonchev–Trinajstić information content (AvgIpc) is 3.17. The van der Waals surface area contributed by atoms with E-state index in [1.807, 2.05) is 41.3 Å². The van der Waals surface area contributed by atoms with Gasteiger partial charge in [0, 0.05) is 11.8 Å². The van der Waals surface area contributed by atoms with Crippen LogP contribution in [0, 0.1) is 32.1 Å². The van der Waals surface area contributed by atoms with Gasteiger partial charge in [0.05, 0.1) is 23.5 Å². The lowest BCUT2D eigenvalue weighted by Crippen LogP contribution is -1.94. The van der Waals surface area contributed by atoms with Gasteiger partial charge in [-0.25, -0.2) is 4.68 Å². The van der Waals surface area contributed by atoms with Crippen LogP contribution in [0.2, 0.25) is 0 Å². The van der Waals surface area contributed by atoms with Crippen molar-refractivity contribution < 1.29 is 0 Å². The number of hydrogen-bond donors (Lipinski definition) is 0. The second kappa shape index (κ2) is 7.17. The predicted octanol–water partition coefficient (Wildman–Crippen LogP) is 6.00. The zero-order valence-electron chi connectivity index (χ0n) is 16.3. The van der Waals surface area contributed by atoms with Crippen molar-refractivity contribution in [2.24, 2.45) is 0 Å². The molecule has 0 aliphatic carbocycles. The second-order valence-corrected chi connectivity index (χ2v) is 7.19. The van der Waals surface area contributed by atoms with Gasteiger partial charge in [0.25, 0.3) is 0 Å². The number of aryl methyl sites for hydroxylation is 3. The highest BCUT2D eigenvalue weighted by Gasteiger charge is 2.11. The maximum Gasteiger partial charge on any atom is 0.0991 e. The monoisotopic (exact) mass is 363 g/mol. The lowest BCUT2D eigenvalue weighted by atomic mass is 9.92. The molecule has 0 aliphatic rings. The van der Waals surface area contributed by atoms with Gasteiger partial charge in [0.1, 0.15) is 0 Å². The second-order valence-electron chi connectivity index (χ2n) is 7.19. The Morgan fingerprint density at radius 2 is 1.54 bits per heavy atom. The molecule has 0 fully saturated rings. The normalized spacial score (nSPS) is 10.6.